The van der Waals surface area contributed by atoms with Gasteiger partial charge in [0.1, 0.15) is 0 Å². The van der Waals surface area contributed by atoms with E-state index in [-0.39, 0.29) is 21.2 Å². The maximum atomic E-state index is 12.9. The lowest BCUT2D eigenvalue weighted by Gasteiger charge is -2.35. The smallest absolute Gasteiger partial charge is 0.267 e. The van der Waals surface area contributed by atoms with Crippen molar-refractivity contribution in [1.29, 1.82) is 0 Å². The normalized spacial score (nSPS) is 11.1. The first-order valence-electron chi connectivity index (χ1n) is 7.47. The molecule has 0 aliphatic heterocycles. The zero-order valence-corrected chi connectivity index (χ0v) is 16.2. The second kappa shape index (κ2) is 7.65. The highest BCUT2D eigenvalue weighted by Gasteiger charge is 2.31. The van der Waals surface area contributed by atoms with Crippen LogP contribution in [-0.2, 0) is 0 Å². The van der Waals surface area contributed by atoms with Crippen LogP contribution >= 0.6 is 34.8 Å². The van der Waals surface area contributed by atoms with Gasteiger partial charge in [0, 0.05) is 0 Å². The SMILES string of the molecule is CC(C)(C)N(NC(=O)c1c(Cl)cccc1Cl)C(=O)c1ccccc1Cl. The number of benzene rings is 2. The number of nitrogens with zero attached hydrogens (tertiary/aromatic N) is 1. The Labute approximate surface area is 161 Å². The van der Waals surface area contributed by atoms with Gasteiger partial charge < -0.3 is 0 Å². The third-order valence-electron chi connectivity index (χ3n) is 3.38. The van der Waals surface area contributed by atoms with E-state index in [2.05, 4.69) is 5.43 Å². The Kier molecular flexibility index (Phi) is 5.99. The minimum absolute atomic E-state index is 0.104. The molecule has 0 saturated carbocycles. The molecular formula is C18H17Cl3N2O2. The number of rotatable bonds is 2. The van der Waals surface area contributed by atoms with Crippen LogP contribution in [0.5, 0.6) is 0 Å². The standard InChI is InChI=1S/C18H17Cl3N2O2/c1-18(2,3)23(17(25)11-7-4-5-8-12(11)19)22-16(24)15-13(20)9-6-10-14(15)21/h4-10H,1-3H3,(H,22,24). The Bertz CT molecular complexity index is 796. The molecule has 0 saturated heterocycles. The molecule has 132 valence electrons. The number of carbonyl (C=O) groups excluding carboxylic acids is 2. The lowest BCUT2D eigenvalue weighted by Crippen LogP contribution is -2.56. The molecule has 0 spiro atoms. The fraction of sp³-hybridized carbons (Fsp3) is 0.222. The predicted octanol–water partition coefficient (Wildman–Crippen LogP) is 5.23. The molecule has 0 heterocycles. The third-order valence-corrected chi connectivity index (χ3v) is 4.34. The van der Waals surface area contributed by atoms with E-state index in [1.807, 2.05) is 0 Å². The van der Waals surface area contributed by atoms with Gasteiger partial charge in [-0.05, 0) is 45.0 Å². The van der Waals surface area contributed by atoms with Crippen molar-refractivity contribution in [1.82, 2.24) is 10.4 Å². The van der Waals surface area contributed by atoms with E-state index < -0.39 is 17.4 Å². The Morgan fingerprint density at radius 1 is 0.880 bits per heavy atom. The van der Waals surface area contributed by atoms with E-state index in [9.17, 15) is 9.59 Å². The first-order valence-corrected chi connectivity index (χ1v) is 8.60. The van der Waals surface area contributed by atoms with Crippen molar-refractivity contribution < 1.29 is 9.59 Å². The number of nitrogens with one attached hydrogen (secondary N) is 1. The largest absolute Gasteiger partial charge is 0.274 e. The molecule has 7 heteroatoms. The van der Waals surface area contributed by atoms with Crippen molar-refractivity contribution in [2.75, 3.05) is 0 Å². The Morgan fingerprint density at radius 3 is 1.92 bits per heavy atom. The number of halogens is 3. The minimum Gasteiger partial charge on any atom is -0.267 e. The molecule has 4 nitrogen and oxygen atoms in total. The quantitative estimate of drug-likeness (QED) is 0.703. The van der Waals surface area contributed by atoms with Crippen molar-refractivity contribution in [2.45, 2.75) is 26.3 Å². The zero-order chi connectivity index (χ0) is 18.8. The molecule has 0 aliphatic rings. The van der Waals surface area contributed by atoms with Gasteiger partial charge in [0.2, 0.25) is 0 Å². The molecule has 1 N–H and O–H groups in total. The van der Waals surface area contributed by atoms with Gasteiger partial charge in [0.15, 0.2) is 0 Å². The van der Waals surface area contributed by atoms with E-state index in [1.54, 1.807) is 63.2 Å². The molecule has 0 atom stereocenters. The first-order chi connectivity index (χ1) is 11.6. The first kappa shape index (κ1) is 19.6. The fourth-order valence-corrected chi connectivity index (χ4v) is 2.94. The summed E-state index contributed by atoms with van der Waals surface area (Å²) < 4.78 is 0. The molecular weight excluding hydrogens is 383 g/mol. The van der Waals surface area contributed by atoms with Crippen LogP contribution in [0.1, 0.15) is 41.5 Å². The maximum absolute atomic E-state index is 12.9. The minimum atomic E-state index is -0.709. The van der Waals surface area contributed by atoms with Gasteiger partial charge >= 0.3 is 0 Å². The summed E-state index contributed by atoms with van der Waals surface area (Å²) in [4.78, 5) is 25.6. The van der Waals surface area contributed by atoms with Crippen LogP contribution in [-0.4, -0.2) is 22.4 Å². The average molecular weight is 400 g/mol. The van der Waals surface area contributed by atoms with Crippen LogP contribution in [0.4, 0.5) is 0 Å². The van der Waals surface area contributed by atoms with Crippen molar-refractivity contribution in [3.63, 3.8) is 0 Å². The molecule has 0 aliphatic carbocycles. The van der Waals surface area contributed by atoms with E-state index >= 15 is 0 Å². The van der Waals surface area contributed by atoms with Gasteiger partial charge in [-0.25, -0.2) is 5.01 Å². The van der Waals surface area contributed by atoms with Gasteiger partial charge in [-0.3, -0.25) is 15.0 Å². The summed E-state index contributed by atoms with van der Waals surface area (Å²) in [6.07, 6.45) is 0. The Hall–Kier alpha value is -1.75. The lowest BCUT2D eigenvalue weighted by atomic mass is 10.1. The number of carbonyl (C=O) groups is 2. The summed E-state index contributed by atoms with van der Waals surface area (Å²) in [6, 6.07) is 11.4. The van der Waals surface area contributed by atoms with Crippen molar-refractivity contribution in [3.8, 4) is 0 Å². The number of hydrogen-bond donors (Lipinski definition) is 1. The Balaban J connectivity index is 2.38. The second-order valence-corrected chi connectivity index (χ2v) is 7.55. The summed E-state index contributed by atoms with van der Waals surface area (Å²) in [6.45, 7) is 5.36. The van der Waals surface area contributed by atoms with Gasteiger partial charge in [-0.1, -0.05) is 53.0 Å². The lowest BCUT2D eigenvalue weighted by molar-refractivity contribution is 0.0359. The van der Waals surface area contributed by atoms with E-state index in [0.717, 1.165) is 0 Å². The molecule has 2 amide bonds. The topological polar surface area (TPSA) is 49.4 Å². The second-order valence-electron chi connectivity index (χ2n) is 6.33. The van der Waals surface area contributed by atoms with Crippen LogP contribution in [0.25, 0.3) is 0 Å². The highest BCUT2D eigenvalue weighted by atomic mass is 35.5. The third kappa shape index (κ3) is 4.46. The van der Waals surface area contributed by atoms with E-state index in [4.69, 9.17) is 34.8 Å². The van der Waals surface area contributed by atoms with Gasteiger partial charge in [-0.15, -0.1) is 0 Å². The fourth-order valence-electron chi connectivity index (χ4n) is 2.15. The number of amides is 2. The molecule has 0 bridgehead atoms. The molecule has 25 heavy (non-hydrogen) atoms. The molecule has 2 rings (SSSR count). The van der Waals surface area contributed by atoms with Crippen molar-refractivity contribution >= 4 is 46.6 Å². The summed E-state index contributed by atoms with van der Waals surface area (Å²) >= 11 is 18.3. The monoisotopic (exact) mass is 398 g/mol. The number of hydrazine groups is 1. The van der Waals surface area contributed by atoms with Gasteiger partial charge in [-0.2, -0.15) is 0 Å². The zero-order valence-electron chi connectivity index (χ0n) is 13.9. The van der Waals surface area contributed by atoms with E-state index in [0.29, 0.717) is 5.02 Å². The van der Waals surface area contributed by atoms with Crippen LogP contribution < -0.4 is 5.43 Å². The number of hydrogen-bond acceptors (Lipinski definition) is 2. The Morgan fingerprint density at radius 2 is 1.40 bits per heavy atom. The highest BCUT2D eigenvalue weighted by molar-refractivity contribution is 6.39. The molecule has 2 aromatic rings. The van der Waals surface area contributed by atoms with Crippen molar-refractivity contribution in [2.24, 2.45) is 0 Å². The van der Waals surface area contributed by atoms with E-state index in [1.165, 1.54) is 5.01 Å². The van der Waals surface area contributed by atoms with Crippen LogP contribution in [0, 0.1) is 0 Å². The molecule has 2 aromatic carbocycles. The summed E-state index contributed by atoms with van der Waals surface area (Å²) in [5.74, 6) is -1.01. The molecule has 0 fully saturated rings. The van der Waals surface area contributed by atoms with Gasteiger partial charge in [0.05, 0.1) is 31.7 Å². The summed E-state index contributed by atoms with van der Waals surface area (Å²) in [5.41, 5.74) is 2.27. The van der Waals surface area contributed by atoms with Crippen LogP contribution in [0.2, 0.25) is 15.1 Å². The molecule has 0 radical (unpaired) electrons. The maximum Gasteiger partial charge on any atom is 0.274 e. The highest BCUT2D eigenvalue weighted by Crippen LogP contribution is 2.26. The van der Waals surface area contributed by atoms with Gasteiger partial charge in [0.25, 0.3) is 11.8 Å². The van der Waals surface area contributed by atoms with Crippen molar-refractivity contribution in [3.05, 3.63) is 68.7 Å². The summed E-state index contributed by atoms with van der Waals surface area (Å²) in [7, 11) is 0. The predicted molar refractivity (Wildman–Crippen MR) is 101 cm³/mol. The summed E-state index contributed by atoms with van der Waals surface area (Å²) in [5, 5.41) is 1.91. The molecule has 0 aromatic heterocycles. The van der Waals surface area contributed by atoms with Crippen LogP contribution in [0.3, 0.4) is 0 Å². The molecule has 0 unspecified atom stereocenters. The average Bonchev–Trinajstić information content (AvgIpc) is 2.51. The van der Waals surface area contributed by atoms with Crippen LogP contribution in [0.15, 0.2) is 42.5 Å².